The Hall–Kier alpha value is -1.71. The molecule has 0 bridgehead atoms. The predicted molar refractivity (Wildman–Crippen MR) is 42.6 cm³/mol. The lowest BCUT2D eigenvalue weighted by atomic mass is 10.7. The highest BCUT2D eigenvalue weighted by Crippen LogP contribution is 1.74. The second-order valence-corrected chi connectivity index (χ2v) is 1.70. The molecule has 0 saturated carbocycles. The van der Waals surface area contributed by atoms with Crippen LogP contribution in [0.5, 0.6) is 0 Å². The lowest BCUT2D eigenvalue weighted by Crippen LogP contribution is -2.03. The molecule has 0 unspecified atom stereocenters. The Morgan fingerprint density at radius 1 is 1.18 bits per heavy atom. The van der Waals surface area contributed by atoms with Gasteiger partial charge in [0, 0.05) is 12.4 Å². The van der Waals surface area contributed by atoms with Crippen LogP contribution < -0.4 is 5.59 Å². The molecule has 0 fully saturated rings. The Balaban J connectivity index is 0.000000112. The van der Waals surface area contributed by atoms with Crippen LogP contribution in [0.4, 0.5) is 0 Å². The van der Waals surface area contributed by atoms with Crippen molar-refractivity contribution in [3.8, 4) is 0 Å². The first kappa shape index (κ1) is 7.40. The molecule has 1 aromatic rings. The van der Waals surface area contributed by atoms with Crippen molar-refractivity contribution in [2.75, 3.05) is 0 Å². The fourth-order valence-electron chi connectivity index (χ4n) is 0.487. The zero-order valence-corrected chi connectivity index (χ0v) is 5.90. The third-order valence-electron chi connectivity index (χ3n) is 0.909. The van der Waals surface area contributed by atoms with Crippen LogP contribution in [0, 0.1) is 0 Å². The first-order valence-corrected chi connectivity index (χ1v) is 3.17. The first-order valence-electron chi connectivity index (χ1n) is 3.17. The maximum absolute atomic E-state index is 4.44. The molecule has 0 radical (unpaired) electrons. The summed E-state index contributed by atoms with van der Waals surface area (Å²) in [6.45, 7) is 0. The van der Waals surface area contributed by atoms with Crippen LogP contribution in [0.25, 0.3) is 0 Å². The van der Waals surface area contributed by atoms with Crippen LogP contribution in [0.1, 0.15) is 0 Å². The van der Waals surface area contributed by atoms with Gasteiger partial charge in [0.05, 0.1) is 6.21 Å². The lowest BCUT2D eigenvalue weighted by molar-refractivity contribution is 0.136. The molecule has 11 heavy (non-hydrogen) atoms. The summed E-state index contributed by atoms with van der Waals surface area (Å²) in [6, 6.07) is 3.89. The second kappa shape index (κ2) is 5.10. The van der Waals surface area contributed by atoms with Crippen molar-refractivity contribution >= 4 is 6.21 Å². The molecule has 2 N–H and O–H groups in total. The van der Waals surface area contributed by atoms with E-state index in [4.69, 9.17) is 0 Å². The van der Waals surface area contributed by atoms with Crippen LogP contribution >= 0.6 is 0 Å². The molecule has 58 valence electrons. The highest BCUT2D eigenvalue weighted by molar-refractivity contribution is 5.70. The van der Waals surface area contributed by atoms with Gasteiger partial charge in [0.2, 0.25) is 0 Å². The van der Waals surface area contributed by atoms with Crippen molar-refractivity contribution in [1.29, 1.82) is 0 Å². The monoisotopic (exact) mass is 151 g/mol. The topological polar surface area (TPSA) is 49.4 Å². The smallest absolute Gasteiger partial charge is 0.122 e. The van der Waals surface area contributed by atoms with Crippen LogP contribution in [-0.2, 0) is 4.84 Å². The van der Waals surface area contributed by atoms with E-state index >= 15 is 0 Å². The van der Waals surface area contributed by atoms with Crippen LogP contribution in [-0.4, -0.2) is 11.2 Å². The van der Waals surface area contributed by atoms with Crippen LogP contribution in [0.15, 0.2) is 42.0 Å². The van der Waals surface area contributed by atoms with E-state index < -0.39 is 0 Å². The highest BCUT2D eigenvalue weighted by atomic mass is 16.7. The van der Waals surface area contributed by atoms with Gasteiger partial charge in [0.25, 0.3) is 0 Å². The van der Waals surface area contributed by atoms with Crippen LogP contribution in [0.3, 0.4) is 0 Å². The van der Waals surface area contributed by atoms with Gasteiger partial charge in [0.1, 0.15) is 6.26 Å². The summed E-state index contributed by atoms with van der Waals surface area (Å²) in [7, 11) is 0. The molecule has 1 aromatic heterocycles. The number of aromatic amines is 1. The van der Waals surface area contributed by atoms with Gasteiger partial charge in [-0.15, -0.1) is 5.59 Å². The Morgan fingerprint density at radius 2 is 2.00 bits per heavy atom. The summed E-state index contributed by atoms with van der Waals surface area (Å²) in [5, 5.41) is 3.49. The maximum atomic E-state index is 4.44. The van der Waals surface area contributed by atoms with Crippen molar-refractivity contribution in [2.24, 2.45) is 5.10 Å². The fourth-order valence-corrected chi connectivity index (χ4v) is 0.487. The Labute approximate surface area is 64.5 Å². The van der Waals surface area contributed by atoms with Gasteiger partial charge < -0.3 is 9.82 Å². The number of rotatable bonds is 0. The molecule has 0 saturated heterocycles. The van der Waals surface area contributed by atoms with E-state index in [9.17, 15) is 0 Å². The number of hydrazone groups is 1. The van der Waals surface area contributed by atoms with E-state index in [2.05, 4.69) is 20.5 Å². The quantitative estimate of drug-likeness (QED) is 0.582. The van der Waals surface area contributed by atoms with Crippen molar-refractivity contribution in [3.05, 3.63) is 36.9 Å². The van der Waals surface area contributed by atoms with E-state index in [0.29, 0.717) is 0 Å². The summed E-state index contributed by atoms with van der Waals surface area (Å²) < 4.78 is 0. The highest BCUT2D eigenvalue weighted by Gasteiger charge is 1.73. The van der Waals surface area contributed by atoms with E-state index in [0.717, 1.165) is 0 Å². The van der Waals surface area contributed by atoms with Crippen molar-refractivity contribution in [1.82, 2.24) is 10.6 Å². The number of hydrogen-bond donors (Lipinski definition) is 2. The Morgan fingerprint density at radius 3 is 2.18 bits per heavy atom. The zero-order valence-electron chi connectivity index (χ0n) is 5.90. The van der Waals surface area contributed by atoms with Crippen LogP contribution in [0.2, 0.25) is 0 Å². The Bertz CT molecular complexity index is 186. The summed E-state index contributed by atoms with van der Waals surface area (Å²) in [5.74, 6) is 0. The number of allylic oxidation sites excluding steroid dienone is 1. The van der Waals surface area contributed by atoms with Gasteiger partial charge >= 0.3 is 0 Å². The van der Waals surface area contributed by atoms with Gasteiger partial charge in [-0.25, -0.2) is 0 Å². The first-order chi connectivity index (χ1) is 5.50. The van der Waals surface area contributed by atoms with Gasteiger partial charge in [-0.2, -0.15) is 5.10 Å². The molecular weight excluding hydrogens is 142 g/mol. The third kappa shape index (κ3) is 3.80. The molecular formula is C7H9N3O. The minimum Gasteiger partial charge on any atom is -0.373 e. The number of nitrogens with one attached hydrogen (secondary N) is 2. The van der Waals surface area contributed by atoms with E-state index in [1.807, 2.05) is 24.5 Å². The van der Waals surface area contributed by atoms with E-state index in [-0.39, 0.29) is 0 Å². The van der Waals surface area contributed by atoms with Crippen molar-refractivity contribution in [3.63, 3.8) is 0 Å². The van der Waals surface area contributed by atoms with Gasteiger partial charge in [-0.1, -0.05) is 0 Å². The minimum absolute atomic E-state index is 1.51. The van der Waals surface area contributed by atoms with Gasteiger partial charge in [-0.3, -0.25) is 0 Å². The SMILES string of the molecule is C1=CONN=C1.c1cc[nH]c1. The van der Waals surface area contributed by atoms with Crippen molar-refractivity contribution < 1.29 is 4.84 Å². The molecule has 4 nitrogen and oxygen atoms in total. The average Bonchev–Trinajstić information content (AvgIpc) is 2.64. The molecule has 1 aliphatic rings. The normalized spacial score (nSPS) is 12.4. The predicted octanol–water partition coefficient (Wildman–Crippen LogP) is 1.04. The minimum atomic E-state index is 1.51. The fraction of sp³-hybridized carbons (Fsp3) is 0. The second-order valence-electron chi connectivity index (χ2n) is 1.70. The molecule has 0 spiro atoms. The summed E-state index contributed by atoms with van der Waals surface area (Å²) in [4.78, 5) is 7.30. The van der Waals surface area contributed by atoms with Crippen molar-refractivity contribution in [2.45, 2.75) is 0 Å². The molecule has 0 aromatic carbocycles. The summed E-state index contributed by atoms with van der Waals surface area (Å²) in [5.41, 5.74) is 2.27. The summed E-state index contributed by atoms with van der Waals surface area (Å²) in [6.07, 6.45) is 8.55. The average molecular weight is 151 g/mol. The number of hydrogen-bond acceptors (Lipinski definition) is 3. The Kier molecular flexibility index (Phi) is 3.43. The van der Waals surface area contributed by atoms with Gasteiger partial charge in [0.15, 0.2) is 0 Å². The molecule has 4 heteroatoms. The molecule has 0 amide bonds. The molecule has 0 atom stereocenters. The molecule has 2 rings (SSSR count). The largest absolute Gasteiger partial charge is 0.373 e. The van der Waals surface area contributed by atoms with Gasteiger partial charge in [-0.05, 0) is 18.2 Å². The molecule has 2 heterocycles. The maximum Gasteiger partial charge on any atom is 0.122 e. The molecule has 0 aliphatic carbocycles. The van der Waals surface area contributed by atoms with E-state index in [1.165, 1.54) is 6.26 Å². The number of H-pyrrole nitrogens is 1. The number of nitrogens with zero attached hydrogens (tertiary/aromatic N) is 1. The zero-order chi connectivity index (χ0) is 7.78. The summed E-state index contributed by atoms with van der Waals surface area (Å²) >= 11 is 0. The van der Waals surface area contributed by atoms with E-state index in [1.54, 1.807) is 12.3 Å². The third-order valence-corrected chi connectivity index (χ3v) is 0.909. The standard InChI is InChI=1S/C4H5N.C3H4N2O/c1-2-4-5-3-1;1-2-4-5-6-3-1/h1-5H;1-3,5H. The number of aromatic nitrogens is 1. The lowest BCUT2D eigenvalue weighted by Gasteiger charge is -1.96. The molecule has 1 aliphatic heterocycles.